The van der Waals surface area contributed by atoms with Crippen LogP contribution in [0.3, 0.4) is 0 Å². The lowest BCUT2D eigenvalue weighted by atomic mass is 10.5. The Balaban J connectivity index is 0. The molecule has 1 aromatic heterocycles. The van der Waals surface area contributed by atoms with Gasteiger partial charge in [-0.2, -0.15) is 0 Å². The van der Waals surface area contributed by atoms with Crippen molar-refractivity contribution in [2.45, 2.75) is 6.54 Å². The maximum absolute atomic E-state index is 5.39. The van der Waals surface area contributed by atoms with Crippen molar-refractivity contribution in [3.63, 3.8) is 0 Å². The zero-order valence-corrected chi connectivity index (χ0v) is 10.1. The van der Waals surface area contributed by atoms with E-state index in [0.29, 0.717) is 6.54 Å². The fraction of sp³-hybridized carbons (Fsp3) is 0.286. The SMILES string of the molecule is Cl.NCC[n+]1cccc(I)c1.[Cl-]. The van der Waals surface area contributed by atoms with Crippen LogP contribution in [-0.4, -0.2) is 6.54 Å². The fourth-order valence-electron chi connectivity index (χ4n) is 0.778. The van der Waals surface area contributed by atoms with Crippen LogP contribution < -0.4 is 22.7 Å². The van der Waals surface area contributed by atoms with Gasteiger partial charge in [0.15, 0.2) is 18.9 Å². The van der Waals surface area contributed by atoms with Crippen LogP contribution in [0.15, 0.2) is 24.5 Å². The molecular weight excluding hydrogens is 310 g/mol. The topological polar surface area (TPSA) is 29.9 Å². The van der Waals surface area contributed by atoms with Gasteiger partial charge in [0, 0.05) is 6.07 Å². The van der Waals surface area contributed by atoms with Gasteiger partial charge in [0.2, 0.25) is 0 Å². The molecule has 0 fully saturated rings. The molecular formula is C7H11Cl2IN2. The summed E-state index contributed by atoms with van der Waals surface area (Å²) in [6.07, 6.45) is 4.10. The van der Waals surface area contributed by atoms with Crippen LogP contribution in [0, 0.1) is 3.57 Å². The lowest BCUT2D eigenvalue weighted by molar-refractivity contribution is -0.695. The van der Waals surface area contributed by atoms with Gasteiger partial charge in [-0.3, -0.25) is 0 Å². The standard InChI is InChI=1S/C7H10IN2.2ClH/c8-7-2-1-4-10(6-7)5-3-9;;/h1-2,4,6H,3,5,9H2;2*1H/q+1;;/p-1. The van der Waals surface area contributed by atoms with Gasteiger partial charge < -0.3 is 18.1 Å². The number of halogens is 3. The van der Waals surface area contributed by atoms with Crippen molar-refractivity contribution in [1.82, 2.24) is 0 Å². The van der Waals surface area contributed by atoms with E-state index in [2.05, 4.69) is 39.4 Å². The maximum Gasteiger partial charge on any atom is 0.182 e. The minimum atomic E-state index is 0. The van der Waals surface area contributed by atoms with E-state index in [-0.39, 0.29) is 24.8 Å². The Morgan fingerprint density at radius 2 is 2.17 bits per heavy atom. The Morgan fingerprint density at radius 3 is 2.67 bits per heavy atom. The molecule has 0 saturated heterocycles. The number of hydrogen-bond acceptors (Lipinski definition) is 1. The Bertz CT molecular complexity index is 220. The van der Waals surface area contributed by atoms with Gasteiger partial charge in [-0.25, -0.2) is 4.57 Å². The first-order valence-electron chi connectivity index (χ1n) is 3.17. The molecule has 0 aliphatic carbocycles. The van der Waals surface area contributed by atoms with Gasteiger partial charge >= 0.3 is 0 Å². The largest absolute Gasteiger partial charge is 1.00 e. The summed E-state index contributed by atoms with van der Waals surface area (Å²) >= 11 is 2.28. The molecule has 0 bridgehead atoms. The van der Waals surface area contributed by atoms with Crippen molar-refractivity contribution in [3.8, 4) is 0 Å². The summed E-state index contributed by atoms with van der Waals surface area (Å²) in [6, 6.07) is 4.09. The summed E-state index contributed by atoms with van der Waals surface area (Å²) in [7, 11) is 0. The zero-order valence-electron chi connectivity index (χ0n) is 6.41. The van der Waals surface area contributed by atoms with Crippen LogP contribution in [0.1, 0.15) is 0 Å². The van der Waals surface area contributed by atoms with Crippen molar-refractivity contribution in [3.05, 3.63) is 28.1 Å². The Kier molecular flexibility index (Phi) is 9.99. The lowest BCUT2D eigenvalue weighted by Gasteiger charge is -1.92. The monoisotopic (exact) mass is 320 g/mol. The van der Waals surface area contributed by atoms with Gasteiger partial charge in [0.25, 0.3) is 0 Å². The molecule has 0 unspecified atom stereocenters. The first kappa shape index (κ1) is 14.9. The molecule has 70 valence electrons. The van der Waals surface area contributed by atoms with Crippen LogP contribution in [0.5, 0.6) is 0 Å². The predicted molar refractivity (Wildman–Crippen MR) is 55.7 cm³/mol. The summed E-state index contributed by atoms with van der Waals surface area (Å²) in [5.41, 5.74) is 5.39. The third kappa shape index (κ3) is 5.13. The number of rotatable bonds is 2. The van der Waals surface area contributed by atoms with Gasteiger partial charge in [-0.05, 0) is 28.7 Å². The Labute approximate surface area is 98.5 Å². The summed E-state index contributed by atoms with van der Waals surface area (Å²) in [5.74, 6) is 0. The van der Waals surface area contributed by atoms with Gasteiger partial charge in [-0.1, -0.05) is 0 Å². The van der Waals surface area contributed by atoms with Gasteiger partial charge in [-0.15, -0.1) is 12.4 Å². The average molecular weight is 321 g/mol. The molecule has 1 heterocycles. The summed E-state index contributed by atoms with van der Waals surface area (Å²) in [5, 5.41) is 0. The normalized spacial score (nSPS) is 8.17. The molecule has 0 amide bonds. The van der Waals surface area contributed by atoms with E-state index in [1.165, 1.54) is 3.57 Å². The number of hydrogen-bond donors (Lipinski definition) is 1. The smallest absolute Gasteiger partial charge is 0.182 e. The Morgan fingerprint density at radius 1 is 1.50 bits per heavy atom. The molecule has 0 saturated carbocycles. The van der Waals surface area contributed by atoms with Crippen LogP contribution in [0.4, 0.5) is 0 Å². The molecule has 0 spiro atoms. The Hall–Kier alpha value is 0.420. The molecule has 0 aliphatic heterocycles. The third-order valence-corrected chi connectivity index (χ3v) is 1.85. The molecule has 0 aliphatic rings. The first-order valence-corrected chi connectivity index (χ1v) is 4.25. The molecule has 2 nitrogen and oxygen atoms in total. The van der Waals surface area contributed by atoms with Crippen molar-refractivity contribution in [2.24, 2.45) is 5.73 Å². The van der Waals surface area contributed by atoms with E-state index in [0.717, 1.165) is 6.54 Å². The second-order valence-electron chi connectivity index (χ2n) is 2.05. The zero-order chi connectivity index (χ0) is 7.40. The van der Waals surface area contributed by atoms with Crippen LogP contribution in [0.2, 0.25) is 0 Å². The van der Waals surface area contributed by atoms with E-state index in [1.807, 2.05) is 12.3 Å². The minimum absolute atomic E-state index is 0. The van der Waals surface area contributed by atoms with Crippen LogP contribution in [0.25, 0.3) is 0 Å². The maximum atomic E-state index is 5.39. The van der Waals surface area contributed by atoms with Crippen molar-refractivity contribution in [2.75, 3.05) is 6.54 Å². The first-order chi connectivity index (χ1) is 4.83. The second-order valence-corrected chi connectivity index (χ2v) is 3.29. The van der Waals surface area contributed by atoms with E-state index in [1.54, 1.807) is 0 Å². The third-order valence-electron chi connectivity index (χ3n) is 1.21. The number of aromatic nitrogens is 1. The highest BCUT2D eigenvalue weighted by atomic mass is 127. The summed E-state index contributed by atoms with van der Waals surface area (Å²) in [4.78, 5) is 0. The molecule has 1 rings (SSSR count). The molecule has 0 radical (unpaired) electrons. The predicted octanol–water partition coefficient (Wildman–Crippen LogP) is -2.04. The van der Waals surface area contributed by atoms with E-state index in [4.69, 9.17) is 5.73 Å². The van der Waals surface area contributed by atoms with Crippen LogP contribution in [-0.2, 0) is 6.54 Å². The number of nitrogens with two attached hydrogens (primary N) is 1. The van der Waals surface area contributed by atoms with E-state index >= 15 is 0 Å². The molecule has 1 aromatic rings. The second kappa shape index (κ2) is 8.04. The van der Waals surface area contributed by atoms with Crippen molar-refractivity contribution in [1.29, 1.82) is 0 Å². The van der Waals surface area contributed by atoms with Crippen molar-refractivity contribution < 1.29 is 17.0 Å². The van der Waals surface area contributed by atoms with Gasteiger partial charge in [0.05, 0.1) is 10.1 Å². The van der Waals surface area contributed by atoms with Crippen molar-refractivity contribution >= 4 is 35.0 Å². The summed E-state index contributed by atoms with van der Waals surface area (Å²) < 4.78 is 3.33. The van der Waals surface area contributed by atoms with Crippen LogP contribution >= 0.6 is 35.0 Å². The lowest BCUT2D eigenvalue weighted by Crippen LogP contribution is -3.00. The van der Waals surface area contributed by atoms with E-state index < -0.39 is 0 Å². The summed E-state index contributed by atoms with van der Waals surface area (Å²) in [6.45, 7) is 1.60. The number of pyridine rings is 1. The molecule has 0 aromatic carbocycles. The highest BCUT2D eigenvalue weighted by Gasteiger charge is 1.96. The molecule has 12 heavy (non-hydrogen) atoms. The molecule has 2 N–H and O–H groups in total. The average Bonchev–Trinajstić information content (AvgIpc) is 1.88. The van der Waals surface area contributed by atoms with E-state index in [9.17, 15) is 0 Å². The highest BCUT2D eigenvalue weighted by molar-refractivity contribution is 14.1. The molecule has 5 heteroatoms. The minimum Gasteiger partial charge on any atom is -1.00 e. The van der Waals surface area contributed by atoms with Gasteiger partial charge in [0.1, 0.15) is 0 Å². The highest BCUT2D eigenvalue weighted by Crippen LogP contribution is 1.96. The quantitative estimate of drug-likeness (QED) is 0.494. The fourth-order valence-corrected chi connectivity index (χ4v) is 1.34. The number of nitrogens with zero attached hydrogens (tertiary/aromatic N) is 1. The molecule has 0 atom stereocenters.